The molecule has 0 bridgehead atoms. The van der Waals surface area contributed by atoms with Gasteiger partial charge in [-0.3, -0.25) is 0 Å². The van der Waals surface area contributed by atoms with Crippen LogP contribution in [0.1, 0.15) is 12.0 Å². The van der Waals surface area contributed by atoms with Crippen molar-refractivity contribution in [2.75, 3.05) is 27.2 Å². The summed E-state index contributed by atoms with van der Waals surface area (Å²) in [5, 5.41) is 0. The van der Waals surface area contributed by atoms with E-state index in [2.05, 4.69) is 9.88 Å². The van der Waals surface area contributed by atoms with Gasteiger partial charge in [0.05, 0.1) is 5.52 Å². The van der Waals surface area contributed by atoms with Gasteiger partial charge in [-0.1, -0.05) is 0 Å². The van der Waals surface area contributed by atoms with Crippen molar-refractivity contribution in [3.8, 4) is 0 Å². The predicted octanol–water partition coefficient (Wildman–Crippen LogP) is 2.00. The van der Waals surface area contributed by atoms with Gasteiger partial charge in [0.15, 0.2) is 11.6 Å². The molecule has 2 aromatic rings. The summed E-state index contributed by atoms with van der Waals surface area (Å²) in [7, 11) is 3.96. The molecule has 6 heteroatoms. The number of rotatable bonds is 5. The molecule has 0 saturated heterocycles. The highest BCUT2D eigenvalue weighted by Crippen LogP contribution is 2.21. The minimum atomic E-state index is -0.886. The van der Waals surface area contributed by atoms with Gasteiger partial charge in [0.25, 0.3) is 0 Å². The second kappa shape index (κ2) is 5.52. The molecule has 0 saturated carbocycles. The van der Waals surface area contributed by atoms with E-state index in [1.165, 1.54) is 18.0 Å². The third-order valence-corrected chi connectivity index (χ3v) is 2.91. The van der Waals surface area contributed by atoms with Crippen molar-refractivity contribution in [2.45, 2.75) is 13.3 Å². The van der Waals surface area contributed by atoms with Crippen molar-refractivity contribution in [1.82, 2.24) is 14.6 Å². The molecule has 0 unspecified atom stereocenters. The first kappa shape index (κ1) is 13.7. The Kier molecular flexibility index (Phi) is 3.99. The maximum Gasteiger partial charge on any atom is 0.164 e. The molecule has 2 rings (SSSR count). The molecule has 0 aliphatic heterocycles. The Morgan fingerprint density at radius 1 is 1.37 bits per heavy atom. The Balaban J connectivity index is 2.16. The fourth-order valence-electron chi connectivity index (χ4n) is 1.88. The second-order valence-electron chi connectivity index (χ2n) is 4.73. The van der Waals surface area contributed by atoms with Crippen LogP contribution in [0.15, 0.2) is 12.4 Å². The van der Waals surface area contributed by atoms with Crippen molar-refractivity contribution in [2.24, 2.45) is 0 Å². The Bertz CT molecular complexity index is 581. The van der Waals surface area contributed by atoms with Crippen LogP contribution in [-0.2, 0) is 0 Å². The predicted molar refractivity (Wildman–Crippen MR) is 69.0 cm³/mol. The van der Waals surface area contributed by atoms with E-state index in [-0.39, 0.29) is 5.56 Å². The van der Waals surface area contributed by atoms with Crippen LogP contribution in [-0.4, -0.2) is 41.9 Å². The van der Waals surface area contributed by atoms with Crippen molar-refractivity contribution in [3.05, 3.63) is 29.6 Å². The Labute approximate surface area is 110 Å². The molecule has 1 aromatic carbocycles. The van der Waals surface area contributed by atoms with Crippen LogP contribution in [0.4, 0.5) is 8.78 Å². The average molecular weight is 269 g/mol. The van der Waals surface area contributed by atoms with Crippen LogP contribution >= 0.6 is 0 Å². The number of halogens is 2. The Morgan fingerprint density at radius 3 is 2.79 bits per heavy atom. The zero-order valence-electron chi connectivity index (χ0n) is 11.3. The van der Waals surface area contributed by atoms with Crippen LogP contribution in [0.3, 0.4) is 0 Å². The van der Waals surface area contributed by atoms with Gasteiger partial charge in [0.1, 0.15) is 18.5 Å². The summed E-state index contributed by atoms with van der Waals surface area (Å²) in [5.41, 5.74) is 1.07. The number of benzene rings is 1. The van der Waals surface area contributed by atoms with E-state index in [4.69, 9.17) is 4.84 Å². The molecule has 0 radical (unpaired) electrons. The standard InChI is InChI=1S/C13H17F2N3O/c1-9-12(15)10(14)7-11-13(9)16-8-18(11)19-6-4-5-17(2)3/h7-8H,4-6H2,1-3H3. The van der Waals surface area contributed by atoms with Gasteiger partial charge < -0.3 is 9.74 Å². The molecular formula is C13H17F2N3O. The summed E-state index contributed by atoms with van der Waals surface area (Å²) in [6.07, 6.45) is 2.28. The lowest BCUT2D eigenvalue weighted by atomic mass is 10.2. The average Bonchev–Trinajstić information content (AvgIpc) is 2.75. The molecule has 0 aliphatic rings. The maximum absolute atomic E-state index is 13.4. The van der Waals surface area contributed by atoms with Crippen LogP contribution in [0.2, 0.25) is 0 Å². The quantitative estimate of drug-likeness (QED) is 0.778. The highest BCUT2D eigenvalue weighted by Gasteiger charge is 2.14. The van der Waals surface area contributed by atoms with E-state index < -0.39 is 11.6 Å². The van der Waals surface area contributed by atoms with Gasteiger partial charge in [-0.2, -0.15) is 4.73 Å². The van der Waals surface area contributed by atoms with Gasteiger partial charge in [0.2, 0.25) is 0 Å². The second-order valence-corrected chi connectivity index (χ2v) is 4.73. The lowest BCUT2D eigenvalue weighted by Crippen LogP contribution is -2.19. The summed E-state index contributed by atoms with van der Waals surface area (Å²) >= 11 is 0. The number of hydrogen-bond acceptors (Lipinski definition) is 3. The third-order valence-electron chi connectivity index (χ3n) is 2.91. The third kappa shape index (κ3) is 2.84. The number of aryl methyl sites for hydroxylation is 1. The van der Waals surface area contributed by atoms with E-state index in [9.17, 15) is 8.78 Å². The Hall–Kier alpha value is -1.69. The van der Waals surface area contributed by atoms with Crippen molar-refractivity contribution in [1.29, 1.82) is 0 Å². The topological polar surface area (TPSA) is 30.3 Å². The largest absolute Gasteiger partial charge is 0.412 e. The molecule has 0 spiro atoms. The molecule has 19 heavy (non-hydrogen) atoms. The van der Waals surface area contributed by atoms with Gasteiger partial charge in [0, 0.05) is 18.2 Å². The molecule has 0 fully saturated rings. The van der Waals surface area contributed by atoms with Crippen molar-refractivity contribution < 1.29 is 13.6 Å². The first-order valence-corrected chi connectivity index (χ1v) is 6.10. The fraction of sp³-hybridized carbons (Fsp3) is 0.462. The summed E-state index contributed by atoms with van der Waals surface area (Å²) in [5.74, 6) is -1.74. The lowest BCUT2D eigenvalue weighted by Gasteiger charge is -2.11. The van der Waals surface area contributed by atoms with Gasteiger partial charge in [-0.15, -0.1) is 0 Å². The zero-order valence-corrected chi connectivity index (χ0v) is 11.3. The molecule has 1 heterocycles. The normalized spacial score (nSPS) is 11.5. The number of hydrogen-bond donors (Lipinski definition) is 0. The molecule has 0 atom stereocenters. The van der Waals surface area contributed by atoms with E-state index in [1.54, 1.807) is 0 Å². The fourth-order valence-corrected chi connectivity index (χ4v) is 1.88. The first-order chi connectivity index (χ1) is 9.00. The van der Waals surface area contributed by atoms with Crippen molar-refractivity contribution >= 4 is 11.0 Å². The smallest absolute Gasteiger partial charge is 0.164 e. The van der Waals surface area contributed by atoms with Crippen LogP contribution < -0.4 is 4.84 Å². The summed E-state index contributed by atoms with van der Waals surface area (Å²) in [6, 6.07) is 1.11. The van der Waals surface area contributed by atoms with Gasteiger partial charge in [-0.25, -0.2) is 13.8 Å². The number of imidazole rings is 1. The Morgan fingerprint density at radius 2 is 2.11 bits per heavy atom. The number of aromatic nitrogens is 2. The molecule has 0 aliphatic carbocycles. The molecule has 4 nitrogen and oxygen atoms in total. The zero-order chi connectivity index (χ0) is 14.0. The van der Waals surface area contributed by atoms with Crippen molar-refractivity contribution in [3.63, 3.8) is 0 Å². The molecular weight excluding hydrogens is 252 g/mol. The van der Waals surface area contributed by atoms with E-state index in [0.29, 0.717) is 17.6 Å². The molecule has 104 valence electrons. The van der Waals surface area contributed by atoms with Crippen LogP contribution in [0.5, 0.6) is 0 Å². The van der Waals surface area contributed by atoms with Crippen LogP contribution in [0, 0.1) is 18.6 Å². The number of nitrogens with zero attached hydrogens (tertiary/aromatic N) is 3. The number of fused-ring (bicyclic) bond motifs is 1. The lowest BCUT2D eigenvalue weighted by molar-refractivity contribution is 0.111. The van der Waals surface area contributed by atoms with Gasteiger partial charge >= 0.3 is 0 Å². The monoisotopic (exact) mass is 269 g/mol. The van der Waals surface area contributed by atoms with Gasteiger partial charge in [-0.05, 0) is 27.4 Å². The SMILES string of the molecule is Cc1c(F)c(F)cc2c1ncn2OCCCN(C)C. The van der Waals surface area contributed by atoms with E-state index >= 15 is 0 Å². The van der Waals surface area contributed by atoms with E-state index in [1.807, 2.05) is 14.1 Å². The van der Waals surface area contributed by atoms with E-state index in [0.717, 1.165) is 19.0 Å². The summed E-state index contributed by atoms with van der Waals surface area (Å²) in [4.78, 5) is 11.6. The summed E-state index contributed by atoms with van der Waals surface area (Å²) in [6.45, 7) is 2.89. The maximum atomic E-state index is 13.4. The molecule has 0 N–H and O–H groups in total. The summed E-state index contributed by atoms with van der Waals surface area (Å²) < 4.78 is 28.2. The highest BCUT2D eigenvalue weighted by atomic mass is 19.2. The molecule has 0 amide bonds. The first-order valence-electron chi connectivity index (χ1n) is 6.10. The minimum absolute atomic E-state index is 0.200. The molecule has 1 aromatic heterocycles. The highest BCUT2D eigenvalue weighted by molar-refractivity contribution is 5.78. The van der Waals surface area contributed by atoms with Crippen LogP contribution in [0.25, 0.3) is 11.0 Å². The minimum Gasteiger partial charge on any atom is -0.412 e.